The van der Waals surface area contributed by atoms with E-state index in [1.807, 2.05) is 18.2 Å². The summed E-state index contributed by atoms with van der Waals surface area (Å²) in [6, 6.07) is 11.7. The first kappa shape index (κ1) is 16.2. The predicted octanol–water partition coefficient (Wildman–Crippen LogP) is 2.95. The van der Waals surface area contributed by atoms with Gasteiger partial charge in [0.25, 0.3) is 0 Å². The molecule has 0 aliphatic carbocycles. The average molecular weight is 340 g/mol. The second kappa shape index (κ2) is 7.31. The number of likely N-dealkylation sites (tertiary alicyclic amines) is 1. The number of nitrogens with zero attached hydrogens (tertiary/aromatic N) is 1. The standard InChI is InChI=1S/C20H24N2O3/c23-20-3-1-2-17(21-20)13-22-10-8-15(9-11-22)4-5-16-6-7-18-19(12-16)25-14-24-18/h1-3,6-7,12,15H,4-5,8-11,13-14H2,(H,21,23). The van der Waals surface area contributed by atoms with Crippen LogP contribution in [0.25, 0.3) is 0 Å². The van der Waals surface area contributed by atoms with Crippen molar-refractivity contribution in [1.82, 2.24) is 9.88 Å². The van der Waals surface area contributed by atoms with E-state index in [0.717, 1.165) is 49.2 Å². The average Bonchev–Trinajstić information content (AvgIpc) is 3.09. The van der Waals surface area contributed by atoms with Gasteiger partial charge >= 0.3 is 0 Å². The van der Waals surface area contributed by atoms with Crippen LogP contribution >= 0.6 is 0 Å². The van der Waals surface area contributed by atoms with Crippen molar-refractivity contribution in [2.24, 2.45) is 5.92 Å². The van der Waals surface area contributed by atoms with Crippen molar-refractivity contribution in [1.29, 1.82) is 0 Å². The molecule has 5 nitrogen and oxygen atoms in total. The number of fused-ring (bicyclic) bond motifs is 1. The molecule has 0 radical (unpaired) electrons. The van der Waals surface area contributed by atoms with Crippen LogP contribution in [0.5, 0.6) is 11.5 Å². The normalized spacial score (nSPS) is 17.8. The molecule has 2 aliphatic heterocycles. The maximum absolute atomic E-state index is 11.4. The van der Waals surface area contributed by atoms with Gasteiger partial charge in [0.05, 0.1) is 0 Å². The van der Waals surface area contributed by atoms with E-state index in [-0.39, 0.29) is 5.56 Å². The highest BCUT2D eigenvalue weighted by molar-refractivity contribution is 5.44. The summed E-state index contributed by atoms with van der Waals surface area (Å²) in [5, 5.41) is 0. The molecule has 1 N–H and O–H groups in total. The van der Waals surface area contributed by atoms with Crippen molar-refractivity contribution in [2.75, 3.05) is 19.9 Å². The molecule has 25 heavy (non-hydrogen) atoms. The number of aryl methyl sites for hydroxylation is 1. The molecule has 0 bridgehead atoms. The summed E-state index contributed by atoms with van der Waals surface area (Å²) in [5.74, 6) is 2.51. The number of rotatable bonds is 5. The maximum Gasteiger partial charge on any atom is 0.248 e. The molecule has 2 aromatic rings. The summed E-state index contributed by atoms with van der Waals surface area (Å²) in [5.41, 5.74) is 2.32. The minimum atomic E-state index is -0.0175. The van der Waals surface area contributed by atoms with E-state index < -0.39 is 0 Å². The molecule has 4 rings (SSSR count). The fourth-order valence-electron chi connectivity index (χ4n) is 3.73. The van der Waals surface area contributed by atoms with Crippen molar-refractivity contribution in [3.05, 3.63) is 58.0 Å². The number of aromatic nitrogens is 1. The Morgan fingerprint density at radius 2 is 1.92 bits per heavy atom. The van der Waals surface area contributed by atoms with Crippen molar-refractivity contribution < 1.29 is 9.47 Å². The van der Waals surface area contributed by atoms with Gasteiger partial charge in [-0.25, -0.2) is 0 Å². The van der Waals surface area contributed by atoms with Crippen LogP contribution in [0, 0.1) is 5.92 Å². The second-order valence-corrected chi connectivity index (χ2v) is 6.99. The highest BCUT2D eigenvalue weighted by Gasteiger charge is 2.20. The van der Waals surface area contributed by atoms with Crippen LogP contribution in [-0.2, 0) is 13.0 Å². The molecule has 1 fully saturated rings. The molecule has 0 atom stereocenters. The highest BCUT2D eigenvalue weighted by Crippen LogP contribution is 2.33. The van der Waals surface area contributed by atoms with Crippen LogP contribution in [0.4, 0.5) is 0 Å². The number of pyridine rings is 1. The maximum atomic E-state index is 11.4. The number of ether oxygens (including phenoxy) is 2. The lowest BCUT2D eigenvalue weighted by molar-refractivity contribution is 0.170. The number of hydrogen-bond acceptors (Lipinski definition) is 4. The van der Waals surface area contributed by atoms with E-state index >= 15 is 0 Å². The quantitative estimate of drug-likeness (QED) is 0.909. The first-order valence-corrected chi connectivity index (χ1v) is 9.05. The molecule has 0 spiro atoms. The Labute approximate surface area is 147 Å². The van der Waals surface area contributed by atoms with Gasteiger partial charge in [0, 0.05) is 18.3 Å². The lowest BCUT2D eigenvalue weighted by atomic mass is 9.90. The van der Waals surface area contributed by atoms with Gasteiger partial charge in [0.2, 0.25) is 12.4 Å². The minimum absolute atomic E-state index is 0.0175. The third-order valence-corrected chi connectivity index (χ3v) is 5.21. The Balaban J connectivity index is 1.24. The minimum Gasteiger partial charge on any atom is -0.454 e. The van der Waals surface area contributed by atoms with Crippen molar-refractivity contribution in [3.8, 4) is 11.5 Å². The fourth-order valence-corrected chi connectivity index (χ4v) is 3.73. The van der Waals surface area contributed by atoms with E-state index in [9.17, 15) is 4.79 Å². The Morgan fingerprint density at radius 1 is 1.08 bits per heavy atom. The Bertz CT molecular complexity index is 779. The molecule has 5 heteroatoms. The second-order valence-electron chi connectivity index (χ2n) is 6.99. The van der Waals surface area contributed by atoms with E-state index in [4.69, 9.17) is 9.47 Å². The summed E-state index contributed by atoms with van der Waals surface area (Å²) in [6.07, 6.45) is 4.76. The zero-order valence-corrected chi connectivity index (χ0v) is 14.4. The van der Waals surface area contributed by atoms with Crippen LogP contribution in [0.1, 0.15) is 30.5 Å². The molecule has 0 amide bonds. The van der Waals surface area contributed by atoms with E-state index in [0.29, 0.717) is 6.79 Å². The number of nitrogens with one attached hydrogen (secondary N) is 1. The van der Waals surface area contributed by atoms with Gasteiger partial charge in [-0.05, 0) is 68.5 Å². The molecule has 132 valence electrons. The van der Waals surface area contributed by atoms with Gasteiger partial charge in [-0.1, -0.05) is 12.1 Å². The number of hydrogen-bond donors (Lipinski definition) is 1. The van der Waals surface area contributed by atoms with E-state index in [1.165, 1.54) is 24.8 Å². The molecule has 0 saturated carbocycles. The first-order chi connectivity index (χ1) is 12.3. The molecular formula is C20H24N2O3. The zero-order chi connectivity index (χ0) is 17.1. The molecule has 2 aliphatic rings. The third-order valence-electron chi connectivity index (χ3n) is 5.21. The summed E-state index contributed by atoms with van der Waals surface area (Å²) >= 11 is 0. The smallest absolute Gasteiger partial charge is 0.248 e. The Morgan fingerprint density at radius 3 is 2.76 bits per heavy atom. The largest absolute Gasteiger partial charge is 0.454 e. The van der Waals surface area contributed by atoms with Crippen LogP contribution in [0.2, 0.25) is 0 Å². The topological polar surface area (TPSA) is 54.6 Å². The fraction of sp³-hybridized carbons (Fsp3) is 0.450. The molecule has 1 aromatic heterocycles. The Kier molecular flexibility index (Phi) is 4.74. The lowest BCUT2D eigenvalue weighted by Gasteiger charge is -2.31. The van der Waals surface area contributed by atoms with Gasteiger partial charge in [-0.3, -0.25) is 9.69 Å². The lowest BCUT2D eigenvalue weighted by Crippen LogP contribution is -2.34. The number of aromatic amines is 1. The first-order valence-electron chi connectivity index (χ1n) is 9.05. The predicted molar refractivity (Wildman–Crippen MR) is 95.9 cm³/mol. The van der Waals surface area contributed by atoms with Crippen LogP contribution < -0.4 is 15.0 Å². The van der Waals surface area contributed by atoms with E-state index in [1.54, 1.807) is 6.07 Å². The summed E-state index contributed by atoms with van der Waals surface area (Å²) in [4.78, 5) is 16.7. The number of piperidine rings is 1. The highest BCUT2D eigenvalue weighted by atomic mass is 16.7. The SMILES string of the molecule is O=c1cccc(CN2CCC(CCc3ccc4c(c3)OCO4)CC2)[nH]1. The van der Waals surface area contributed by atoms with Crippen molar-refractivity contribution in [2.45, 2.75) is 32.2 Å². The molecule has 1 aromatic carbocycles. The van der Waals surface area contributed by atoms with Crippen LogP contribution in [0.3, 0.4) is 0 Å². The molecule has 3 heterocycles. The molecule has 1 saturated heterocycles. The molecular weight excluding hydrogens is 316 g/mol. The molecule has 0 unspecified atom stereocenters. The summed E-state index contributed by atoms with van der Waals surface area (Å²) < 4.78 is 10.8. The van der Waals surface area contributed by atoms with Gasteiger partial charge in [-0.15, -0.1) is 0 Å². The van der Waals surface area contributed by atoms with Gasteiger partial charge in [0.15, 0.2) is 11.5 Å². The van der Waals surface area contributed by atoms with Crippen LogP contribution in [-0.4, -0.2) is 29.8 Å². The van der Waals surface area contributed by atoms with Gasteiger partial charge in [-0.2, -0.15) is 0 Å². The third kappa shape index (κ3) is 4.04. The van der Waals surface area contributed by atoms with E-state index in [2.05, 4.69) is 22.0 Å². The van der Waals surface area contributed by atoms with Gasteiger partial charge < -0.3 is 14.5 Å². The summed E-state index contributed by atoms with van der Waals surface area (Å²) in [6.45, 7) is 3.38. The van der Waals surface area contributed by atoms with Crippen molar-refractivity contribution >= 4 is 0 Å². The van der Waals surface area contributed by atoms with Gasteiger partial charge in [0.1, 0.15) is 0 Å². The number of H-pyrrole nitrogens is 1. The number of benzene rings is 1. The zero-order valence-electron chi connectivity index (χ0n) is 14.4. The monoisotopic (exact) mass is 340 g/mol. The van der Waals surface area contributed by atoms with Crippen molar-refractivity contribution in [3.63, 3.8) is 0 Å². The van der Waals surface area contributed by atoms with Crippen LogP contribution in [0.15, 0.2) is 41.2 Å². The summed E-state index contributed by atoms with van der Waals surface area (Å²) in [7, 11) is 0. The Hall–Kier alpha value is -2.27.